The van der Waals surface area contributed by atoms with E-state index in [-0.39, 0.29) is 5.75 Å². The molecule has 0 aromatic rings. The van der Waals surface area contributed by atoms with Gasteiger partial charge in [0.05, 0.1) is 18.4 Å². The summed E-state index contributed by atoms with van der Waals surface area (Å²) in [5.41, 5.74) is 2.21. The molecule has 0 saturated heterocycles. The summed E-state index contributed by atoms with van der Waals surface area (Å²) in [6, 6.07) is -0.835. The minimum atomic E-state index is -3.38. The Hall–Kier alpha value is -0.660. The first-order valence-corrected chi connectivity index (χ1v) is 7.35. The van der Waals surface area contributed by atoms with E-state index in [1.165, 1.54) is 6.92 Å². The smallest absolute Gasteiger partial charge is 0.261 e. The molecule has 0 aliphatic rings. The van der Waals surface area contributed by atoms with Gasteiger partial charge in [-0.1, -0.05) is 20.8 Å². The van der Waals surface area contributed by atoms with E-state index in [0.717, 1.165) is 0 Å². The van der Waals surface area contributed by atoms with Crippen LogP contribution in [0.3, 0.4) is 0 Å². The van der Waals surface area contributed by atoms with E-state index in [9.17, 15) is 13.2 Å². The van der Waals surface area contributed by atoms with Crippen LogP contribution in [0.15, 0.2) is 0 Å². The summed E-state index contributed by atoms with van der Waals surface area (Å²) in [6.45, 7) is 7.51. The number of carbonyl (C=O) groups is 1. The molecule has 2 N–H and O–H groups in total. The highest BCUT2D eigenvalue weighted by molar-refractivity contribution is 7.89. The largest absolute Gasteiger partial charge is 0.273 e. The molecule has 0 aromatic heterocycles. The van der Waals surface area contributed by atoms with Crippen molar-refractivity contribution in [3.63, 3.8) is 0 Å². The Kier molecular flexibility index (Phi) is 7.33. The van der Waals surface area contributed by atoms with Crippen molar-refractivity contribution in [2.75, 3.05) is 12.4 Å². The first-order valence-electron chi connectivity index (χ1n) is 5.70. The Morgan fingerprint density at radius 3 is 2.35 bits per heavy atom. The van der Waals surface area contributed by atoms with Gasteiger partial charge in [-0.25, -0.2) is 18.6 Å². The maximum absolute atomic E-state index is 11.4. The van der Waals surface area contributed by atoms with Crippen LogP contribution in [0.5, 0.6) is 0 Å². The summed E-state index contributed by atoms with van der Waals surface area (Å²) in [7, 11) is -3.38. The summed E-state index contributed by atoms with van der Waals surface area (Å²) in [6.07, 6.45) is 0.507. The normalized spacial score (nSPS) is 13.7. The molecular weight excluding hydrogens is 244 g/mol. The van der Waals surface area contributed by atoms with Crippen LogP contribution < -0.4 is 10.2 Å². The van der Waals surface area contributed by atoms with Crippen molar-refractivity contribution in [1.82, 2.24) is 10.2 Å². The van der Waals surface area contributed by atoms with Crippen LogP contribution in [0.4, 0.5) is 0 Å². The second-order valence-electron chi connectivity index (χ2n) is 4.33. The van der Waals surface area contributed by atoms with Gasteiger partial charge in [-0.3, -0.25) is 9.63 Å². The standard InChI is InChI=1S/C10H22N2O4S/c1-5-6-17(14,15)12-9(4)10(13)11-16-7-8(2)3/h8-9,12H,5-7H2,1-4H3,(H,11,13). The molecule has 1 unspecified atom stereocenters. The lowest BCUT2D eigenvalue weighted by Gasteiger charge is -2.14. The first kappa shape index (κ1) is 16.3. The zero-order valence-electron chi connectivity index (χ0n) is 10.8. The van der Waals surface area contributed by atoms with Crippen LogP contribution in [0.1, 0.15) is 34.1 Å². The summed E-state index contributed by atoms with van der Waals surface area (Å²) in [5, 5.41) is 0. The fraction of sp³-hybridized carbons (Fsp3) is 0.900. The molecule has 0 saturated carbocycles. The molecule has 0 spiro atoms. The van der Waals surface area contributed by atoms with Gasteiger partial charge >= 0.3 is 0 Å². The maximum Gasteiger partial charge on any atom is 0.261 e. The monoisotopic (exact) mass is 266 g/mol. The van der Waals surface area contributed by atoms with Gasteiger partial charge in [0.2, 0.25) is 10.0 Å². The van der Waals surface area contributed by atoms with Crippen molar-refractivity contribution in [1.29, 1.82) is 0 Å². The van der Waals surface area contributed by atoms with E-state index in [4.69, 9.17) is 4.84 Å². The maximum atomic E-state index is 11.4. The quantitative estimate of drug-likeness (QED) is 0.623. The third kappa shape index (κ3) is 8.12. The van der Waals surface area contributed by atoms with Crippen LogP contribution in [0, 0.1) is 5.92 Å². The summed E-state index contributed by atoms with van der Waals surface area (Å²) in [5.74, 6) is -0.190. The van der Waals surface area contributed by atoms with Crippen molar-refractivity contribution in [2.24, 2.45) is 5.92 Å². The Morgan fingerprint density at radius 1 is 1.29 bits per heavy atom. The predicted octanol–water partition coefficient (Wildman–Crippen LogP) is 0.408. The number of hydrogen-bond donors (Lipinski definition) is 2. The lowest BCUT2D eigenvalue weighted by Crippen LogP contribution is -2.45. The molecule has 7 heteroatoms. The lowest BCUT2D eigenvalue weighted by molar-refractivity contribution is -0.135. The van der Waals surface area contributed by atoms with Crippen LogP contribution in [0.2, 0.25) is 0 Å². The molecule has 1 atom stereocenters. The zero-order valence-corrected chi connectivity index (χ0v) is 11.6. The van der Waals surface area contributed by atoms with Crippen molar-refractivity contribution in [2.45, 2.75) is 40.2 Å². The molecule has 0 rings (SSSR count). The highest BCUT2D eigenvalue weighted by Gasteiger charge is 2.19. The lowest BCUT2D eigenvalue weighted by atomic mass is 10.2. The van der Waals surface area contributed by atoms with Gasteiger partial charge in [0.25, 0.3) is 5.91 Å². The van der Waals surface area contributed by atoms with Crippen molar-refractivity contribution in [3.05, 3.63) is 0 Å². The van der Waals surface area contributed by atoms with Crippen molar-refractivity contribution >= 4 is 15.9 Å². The minimum absolute atomic E-state index is 0.0114. The van der Waals surface area contributed by atoms with Crippen molar-refractivity contribution in [3.8, 4) is 0 Å². The molecule has 1 amide bonds. The van der Waals surface area contributed by atoms with Crippen LogP contribution in [0.25, 0.3) is 0 Å². The average molecular weight is 266 g/mol. The van der Waals surface area contributed by atoms with E-state index in [1.54, 1.807) is 6.92 Å². The molecule has 17 heavy (non-hydrogen) atoms. The van der Waals surface area contributed by atoms with Gasteiger partial charge < -0.3 is 0 Å². The number of amides is 1. The molecule has 6 nitrogen and oxygen atoms in total. The minimum Gasteiger partial charge on any atom is -0.273 e. The van der Waals surface area contributed by atoms with Gasteiger partial charge in [-0.2, -0.15) is 0 Å². The van der Waals surface area contributed by atoms with Crippen LogP contribution >= 0.6 is 0 Å². The Labute approximate surface area is 103 Å². The van der Waals surface area contributed by atoms with Gasteiger partial charge in [0.15, 0.2) is 0 Å². The third-order valence-electron chi connectivity index (χ3n) is 1.81. The molecule has 102 valence electrons. The average Bonchev–Trinajstić information content (AvgIpc) is 2.15. The Bertz CT molecular complexity index is 327. The summed E-state index contributed by atoms with van der Waals surface area (Å²) in [4.78, 5) is 16.4. The highest BCUT2D eigenvalue weighted by Crippen LogP contribution is 1.94. The Balaban J connectivity index is 4.06. The second kappa shape index (κ2) is 7.62. The molecule has 0 heterocycles. The molecule has 0 aromatic carbocycles. The second-order valence-corrected chi connectivity index (χ2v) is 6.20. The van der Waals surface area contributed by atoms with Crippen LogP contribution in [-0.4, -0.2) is 32.7 Å². The predicted molar refractivity (Wildman–Crippen MR) is 65.6 cm³/mol. The number of carbonyl (C=O) groups excluding carboxylic acids is 1. The van der Waals surface area contributed by atoms with E-state index >= 15 is 0 Å². The molecular formula is C10H22N2O4S. The first-order chi connectivity index (χ1) is 7.78. The molecule has 0 radical (unpaired) electrons. The Morgan fingerprint density at radius 2 is 1.88 bits per heavy atom. The topological polar surface area (TPSA) is 84.5 Å². The summed E-state index contributed by atoms with van der Waals surface area (Å²) >= 11 is 0. The third-order valence-corrected chi connectivity index (χ3v) is 3.47. The number of sulfonamides is 1. The van der Waals surface area contributed by atoms with E-state index in [1.807, 2.05) is 13.8 Å². The van der Waals surface area contributed by atoms with Crippen molar-refractivity contribution < 1.29 is 18.0 Å². The van der Waals surface area contributed by atoms with Gasteiger partial charge in [-0.05, 0) is 19.3 Å². The number of nitrogens with one attached hydrogen (secondary N) is 2. The van der Waals surface area contributed by atoms with Gasteiger partial charge in [0, 0.05) is 0 Å². The summed E-state index contributed by atoms with van der Waals surface area (Å²) < 4.78 is 25.1. The highest BCUT2D eigenvalue weighted by atomic mass is 32.2. The van der Waals surface area contributed by atoms with Gasteiger partial charge in [0.1, 0.15) is 0 Å². The fourth-order valence-electron chi connectivity index (χ4n) is 1.02. The molecule has 0 fully saturated rings. The number of rotatable bonds is 8. The zero-order chi connectivity index (χ0) is 13.5. The number of hydroxylamine groups is 1. The number of hydrogen-bond acceptors (Lipinski definition) is 4. The van der Waals surface area contributed by atoms with E-state index < -0.39 is 22.0 Å². The van der Waals surface area contributed by atoms with E-state index in [2.05, 4.69) is 10.2 Å². The van der Waals surface area contributed by atoms with E-state index in [0.29, 0.717) is 18.9 Å². The fourth-order valence-corrected chi connectivity index (χ4v) is 2.32. The molecule has 0 aliphatic carbocycles. The molecule has 0 aliphatic heterocycles. The van der Waals surface area contributed by atoms with Crippen LogP contribution in [-0.2, 0) is 19.7 Å². The SMILES string of the molecule is CCCS(=O)(=O)NC(C)C(=O)NOCC(C)C. The molecule has 0 bridgehead atoms. The van der Waals surface area contributed by atoms with Gasteiger partial charge in [-0.15, -0.1) is 0 Å².